The largest absolute Gasteiger partial charge is 0.310 e. The van der Waals surface area contributed by atoms with Crippen molar-refractivity contribution in [3.05, 3.63) is 59.1 Å². The molecule has 0 aliphatic carbocycles. The summed E-state index contributed by atoms with van der Waals surface area (Å²) in [6.07, 6.45) is 0.772. The zero-order valence-corrected chi connectivity index (χ0v) is 16.2. The number of nitrogens with one attached hydrogen (secondary N) is 1. The maximum atomic E-state index is 13.1. The van der Waals surface area contributed by atoms with E-state index in [9.17, 15) is 13.2 Å². The zero-order chi connectivity index (χ0) is 18.9. The normalized spacial score (nSPS) is 15.2. The quantitative estimate of drug-likeness (QED) is 0.849. The predicted octanol–water partition coefficient (Wildman–Crippen LogP) is 3.23. The number of carbonyl (C=O) groups is 1. The van der Waals surface area contributed by atoms with Crippen molar-refractivity contribution in [1.29, 1.82) is 0 Å². The predicted molar refractivity (Wildman–Crippen MR) is 103 cm³/mol. The van der Waals surface area contributed by atoms with E-state index in [1.165, 1.54) is 12.1 Å². The van der Waals surface area contributed by atoms with Crippen LogP contribution in [0.2, 0.25) is 5.02 Å². The topological polar surface area (TPSA) is 66.5 Å². The van der Waals surface area contributed by atoms with Gasteiger partial charge in [-0.05, 0) is 42.2 Å². The fraction of sp³-hybridized carbons (Fsp3) is 0.316. The summed E-state index contributed by atoms with van der Waals surface area (Å²) in [4.78, 5) is 14.8. The van der Waals surface area contributed by atoms with Gasteiger partial charge in [-0.3, -0.25) is 4.79 Å². The average molecular weight is 393 g/mol. The fourth-order valence-electron chi connectivity index (χ4n) is 3.08. The zero-order valence-electron chi connectivity index (χ0n) is 14.6. The number of sulfonamides is 1. The Hall–Kier alpha value is -1.89. The number of rotatable bonds is 5. The molecule has 5 nitrogen and oxygen atoms in total. The second kappa shape index (κ2) is 7.39. The van der Waals surface area contributed by atoms with Crippen LogP contribution < -0.4 is 9.62 Å². The van der Waals surface area contributed by atoms with Gasteiger partial charge in [0.15, 0.2) is 0 Å². The van der Waals surface area contributed by atoms with E-state index in [-0.39, 0.29) is 16.7 Å². The molecule has 0 aromatic heterocycles. The Balaban J connectivity index is 1.87. The standard InChI is InChI=1S/C19H21ClN2O3S/c1-13(2)18(21-26(24,25)16-8-5-7-15(20)12-16)19(23)22-11-10-14-6-3-4-9-17(14)22/h3-9,12-13,18,21H,10-11H2,1-2H3/t18-/m1/s1. The van der Waals surface area contributed by atoms with Crippen molar-refractivity contribution in [3.8, 4) is 0 Å². The lowest BCUT2D eigenvalue weighted by Gasteiger charge is -2.27. The molecule has 0 bridgehead atoms. The summed E-state index contributed by atoms with van der Waals surface area (Å²) in [5.41, 5.74) is 1.95. The lowest BCUT2D eigenvalue weighted by atomic mass is 10.0. The Morgan fingerprint density at radius 1 is 1.15 bits per heavy atom. The van der Waals surface area contributed by atoms with Gasteiger partial charge in [-0.2, -0.15) is 4.72 Å². The first-order valence-electron chi connectivity index (χ1n) is 8.47. The Bertz CT molecular complexity index is 928. The molecule has 7 heteroatoms. The maximum Gasteiger partial charge on any atom is 0.245 e. The number of hydrogen-bond donors (Lipinski definition) is 1. The Kier molecular flexibility index (Phi) is 5.37. The van der Waals surface area contributed by atoms with Crippen molar-refractivity contribution in [2.45, 2.75) is 31.2 Å². The molecule has 1 aliphatic rings. The van der Waals surface area contributed by atoms with Gasteiger partial charge in [0.1, 0.15) is 6.04 Å². The van der Waals surface area contributed by atoms with Crippen molar-refractivity contribution in [2.24, 2.45) is 5.92 Å². The maximum absolute atomic E-state index is 13.1. The number of benzene rings is 2. The summed E-state index contributed by atoms with van der Waals surface area (Å²) in [6.45, 7) is 4.20. The number of para-hydroxylation sites is 1. The highest BCUT2D eigenvalue weighted by atomic mass is 35.5. The van der Waals surface area contributed by atoms with Gasteiger partial charge in [0.25, 0.3) is 0 Å². The SMILES string of the molecule is CC(C)[C@@H](NS(=O)(=O)c1cccc(Cl)c1)C(=O)N1CCc2ccccc21. The summed E-state index contributed by atoms with van der Waals surface area (Å²) < 4.78 is 28.0. The first-order chi connectivity index (χ1) is 12.3. The van der Waals surface area contributed by atoms with E-state index in [4.69, 9.17) is 11.6 Å². The summed E-state index contributed by atoms with van der Waals surface area (Å²) in [5.74, 6) is -0.445. The van der Waals surface area contributed by atoms with E-state index in [0.717, 1.165) is 17.7 Å². The minimum absolute atomic E-state index is 0.0465. The van der Waals surface area contributed by atoms with Crippen LogP contribution in [-0.2, 0) is 21.2 Å². The molecule has 1 N–H and O–H groups in total. The second-order valence-corrected chi connectivity index (χ2v) is 8.82. The lowest BCUT2D eigenvalue weighted by molar-refractivity contribution is -0.121. The van der Waals surface area contributed by atoms with Crippen LogP contribution in [0.1, 0.15) is 19.4 Å². The van der Waals surface area contributed by atoms with E-state index >= 15 is 0 Å². The number of nitrogens with zero attached hydrogens (tertiary/aromatic N) is 1. The van der Waals surface area contributed by atoms with Gasteiger partial charge in [0.05, 0.1) is 4.90 Å². The van der Waals surface area contributed by atoms with E-state index in [0.29, 0.717) is 11.6 Å². The molecule has 2 aromatic rings. The molecule has 0 saturated carbocycles. The molecule has 26 heavy (non-hydrogen) atoms. The van der Waals surface area contributed by atoms with Crippen LogP contribution in [-0.4, -0.2) is 26.9 Å². The molecule has 1 atom stereocenters. The van der Waals surface area contributed by atoms with Crippen LogP contribution in [0, 0.1) is 5.92 Å². The highest BCUT2D eigenvalue weighted by Crippen LogP contribution is 2.29. The van der Waals surface area contributed by atoms with Crippen LogP contribution in [0.25, 0.3) is 0 Å². The van der Waals surface area contributed by atoms with Crippen molar-refractivity contribution in [1.82, 2.24) is 4.72 Å². The Labute approximate surface area is 159 Å². The van der Waals surface area contributed by atoms with Gasteiger partial charge >= 0.3 is 0 Å². The minimum atomic E-state index is -3.86. The number of halogens is 1. The number of amides is 1. The molecule has 2 aromatic carbocycles. The van der Waals surface area contributed by atoms with E-state index in [1.54, 1.807) is 17.0 Å². The highest BCUT2D eigenvalue weighted by Gasteiger charge is 2.34. The molecule has 0 radical (unpaired) electrons. The minimum Gasteiger partial charge on any atom is -0.310 e. The van der Waals surface area contributed by atoms with Crippen LogP contribution in [0.4, 0.5) is 5.69 Å². The van der Waals surface area contributed by atoms with Gasteiger partial charge in [0, 0.05) is 17.3 Å². The van der Waals surface area contributed by atoms with Gasteiger partial charge in [0.2, 0.25) is 15.9 Å². The van der Waals surface area contributed by atoms with Crippen molar-refractivity contribution in [2.75, 3.05) is 11.4 Å². The van der Waals surface area contributed by atoms with Gasteiger partial charge in [-0.25, -0.2) is 8.42 Å². The van der Waals surface area contributed by atoms with Crippen molar-refractivity contribution in [3.63, 3.8) is 0 Å². The number of hydrogen-bond acceptors (Lipinski definition) is 3. The second-order valence-electron chi connectivity index (χ2n) is 6.67. The first-order valence-corrected chi connectivity index (χ1v) is 10.3. The molecular weight excluding hydrogens is 372 g/mol. The number of anilines is 1. The van der Waals surface area contributed by atoms with Crippen LogP contribution in [0.5, 0.6) is 0 Å². The van der Waals surface area contributed by atoms with Crippen molar-refractivity contribution >= 4 is 33.2 Å². The van der Waals surface area contributed by atoms with Crippen LogP contribution in [0.15, 0.2) is 53.4 Å². The molecule has 0 spiro atoms. The molecule has 1 aliphatic heterocycles. The fourth-order valence-corrected chi connectivity index (χ4v) is 4.71. The number of fused-ring (bicyclic) bond motifs is 1. The summed E-state index contributed by atoms with van der Waals surface area (Å²) in [6, 6.07) is 12.8. The number of carbonyl (C=O) groups excluding carboxylic acids is 1. The highest BCUT2D eigenvalue weighted by molar-refractivity contribution is 7.89. The smallest absolute Gasteiger partial charge is 0.245 e. The molecule has 3 rings (SSSR count). The van der Waals surface area contributed by atoms with E-state index in [2.05, 4.69) is 4.72 Å². The van der Waals surface area contributed by atoms with Gasteiger partial charge in [-0.15, -0.1) is 0 Å². The monoisotopic (exact) mass is 392 g/mol. The molecule has 138 valence electrons. The molecular formula is C19H21ClN2O3S. The summed E-state index contributed by atoms with van der Waals surface area (Å²) >= 11 is 5.90. The summed E-state index contributed by atoms with van der Waals surface area (Å²) in [5, 5.41) is 0.328. The third kappa shape index (κ3) is 3.77. The Morgan fingerprint density at radius 3 is 2.58 bits per heavy atom. The van der Waals surface area contributed by atoms with Gasteiger partial charge in [-0.1, -0.05) is 49.7 Å². The third-order valence-electron chi connectivity index (χ3n) is 4.47. The summed E-state index contributed by atoms with van der Waals surface area (Å²) in [7, 11) is -3.86. The van der Waals surface area contributed by atoms with Gasteiger partial charge < -0.3 is 4.90 Å². The molecule has 1 amide bonds. The van der Waals surface area contributed by atoms with Crippen molar-refractivity contribution < 1.29 is 13.2 Å². The van der Waals surface area contributed by atoms with E-state index in [1.807, 2.05) is 38.1 Å². The first kappa shape index (κ1) is 18.9. The average Bonchev–Trinajstić information content (AvgIpc) is 3.03. The molecule has 0 saturated heterocycles. The lowest BCUT2D eigenvalue weighted by Crippen LogP contribution is -2.51. The van der Waals surface area contributed by atoms with E-state index < -0.39 is 16.1 Å². The molecule has 1 heterocycles. The van der Waals surface area contributed by atoms with Crippen LogP contribution >= 0.6 is 11.6 Å². The third-order valence-corrected chi connectivity index (χ3v) is 6.15. The van der Waals surface area contributed by atoms with Crippen LogP contribution in [0.3, 0.4) is 0 Å². The molecule has 0 unspecified atom stereocenters. The molecule has 0 fully saturated rings. The Morgan fingerprint density at radius 2 is 1.88 bits per heavy atom.